The monoisotopic (exact) mass is 573 g/mol. The van der Waals surface area contributed by atoms with E-state index in [1.54, 1.807) is 59.5 Å². The van der Waals surface area contributed by atoms with E-state index in [0.29, 0.717) is 39.1 Å². The van der Waals surface area contributed by atoms with Crippen LogP contribution in [0.1, 0.15) is 15.9 Å². The second-order valence-corrected chi connectivity index (χ2v) is 9.24. The van der Waals surface area contributed by atoms with Crippen LogP contribution < -0.4 is 25.0 Å². The van der Waals surface area contributed by atoms with Crippen LogP contribution in [-0.4, -0.2) is 43.3 Å². The van der Waals surface area contributed by atoms with Gasteiger partial charge in [-0.3, -0.25) is 4.79 Å². The summed E-state index contributed by atoms with van der Waals surface area (Å²) in [5.41, 5.74) is 2.46. The Kier molecular flexibility index (Phi) is 9.80. The molecule has 0 saturated heterocycles. The van der Waals surface area contributed by atoms with E-state index in [-0.39, 0.29) is 31.0 Å². The summed E-state index contributed by atoms with van der Waals surface area (Å²) in [6.07, 6.45) is 0.0741. The molecule has 0 bridgehead atoms. The van der Waals surface area contributed by atoms with E-state index in [4.69, 9.17) is 26.2 Å². The molecule has 0 aliphatic rings. The van der Waals surface area contributed by atoms with Crippen LogP contribution in [0.4, 0.5) is 21.9 Å². The molecule has 0 saturated carbocycles. The second kappa shape index (κ2) is 13.9. The summed E-state index contributed by atoms with van der Waals surface area (Å²) in [5, 5.41) is 14.9. The Balaban J connectivity index is 1.42. The number of hydrogen-bond donors (Lipinski definition) is 3. The molecule has 0 radical (unpaired) electrons. The third kappa shape index (κ3) is 8.00. The van der Waals surface area contributed by atoms with Crippen LogP contribution in [0.25, 0.3) is 0 Å². The van der Waals surface area contributed by atoms with Gasteiger partial charge < -0.3 is 30.1 Å². The van der Waals surface area contributed by atoms with Crippen molar-refractivity contribution in [3.63, 3.8) is 0 Å². The van der Waals surface area contributed by atoms with E-state index < -0.39 is 12.0 Å². The van der Waals surface area contributed by atoms with Crippen molar-refractivity contribution in [2.24, 2.45) is 0 Å². The fourth-order valence-electron chi connectivity index (χ4n) is 4.01. The fraction of sp³-hybridized carbons (Fsp3) is 0.129. The highest BCUT2D eigenvalue weighted by atomic mass is 35.5. The predicted octanol–water partition coefficient (Wildman–Crippen LogP) is 6.35. The Bertz CT molecular complexity index is 1510. The zero-order valence-corrected chi connectivity index (χ0v) is 22.9. The topological polar surface area (TPSA) is 117 Å². The van der Waals surface area contributed by atoms with Crippen LogP contribution in [0.3, 0.4) is 0 Å². The summed E-state index contributed by atoms with van der Waals surface area (Å²) in [7, 11) is 1.48. The third-order valence-corrected chi connectivity index (χ3v) is 6.37. The Morgan fingerprint density at radius 3 is 2.22 bits per heavy atom. The molecule has 10 heteroatoms. The number of aromatic carboxylic acids is 1. The average molecular weight is 574 g/mol. The minimum Gasteiger partial charge on any atom is -0.495 e. The molecule has 0 spiro atoms. The fourth-order valence-corrected chi connectivity index (χ4v) is 4.19. The van der Waals surface area contributed by atoms with Gasteiger partial charge in [-0.1, -0.05) is 48.0 Å². The van der Waals surface area contributed by atoms with Crippen LogP contribution in [0, 0.1) is 0 Å². The molecular formula is C31H28ClN3O6. The highest BCUT2D eigenvalue weighted by Gasteiger charge is 2.18. The van der Waals surface area contributed by atoms with Crippen molar-refractivity contribution in [3.05, 3.63) is 113 Å². The molecule has 0 aromatic heterocycles. The summed E-state index contributed by atoms with van der Waals surface area (Å²) < 4.78 is 11.2. The first-order valence-electron chi connectivity index (χ1n) is 12.6. The number of nitrogens with zero attached hydrogens (tertiary/aromatic N) is 1. The Morgan fingerprint density at radius 2 is 1.54 bits per heavy atom. The molecule has 3 amide bonds. The van der Waals surface area contributed by atoms with Gasteiger partial charge in [-0.25, -0.2) is 9.59 Å². The summed E-state index contributed by atoms with van der Waals surface area (Å²) in [6.45, 7) is 0.461. The lowest BCUT2D eigenvalue weighted by Gasteiger charge is -2.23. The molecule has 0 heterocycles. The number of amides is 3. The Hall–Kier alpha value is -5.02. The number of benzene rings is 4. The molecule has 9 nitrogen and oxygen atoms in total. The largest absolute Gasteiger partial charge is 0.495 e. The van der Waals surface area contributed by atoms with Gasteiger partial charge in [0.2, 0.25) is 5.91 Å². The van der Waals surface area contributed by atoms with Gasteiger partial charge in [0.1, 0.15) is 18.1 Å². The van der Waals surface area contributed by atoms with Crippen LogP contribution in [-0.2, 0) is 11.2 Å². The number of methoxy groups -OCH3 is 1. The summed E-state index contributed by atoms with van der Waals surface area (Å²) in [5.74, 6) is -0.288. The molecule has 0 fully saturated rings. The molecule has 4 aromatic rings. The van der Waals surface area contributed by atoms with Gasteiger partial charge in [-0.15, -0.1) is 0 Å². The number of carboxylic acids is 1. The van der Waals surface area contributed by atoms with E-state index in [0.717, 1.165) is 0 Å². The maximum Gasteiger partial charge on any atom is 0.335 e. The van der Waals surface area contributed by atoms with Crippen molar-refractivity contribution in [1.29, 1.82) is 0 Å². The van der Waals surface area contributed by atoms with Gasteiger partial charge >= 0.3 is 12.0 Å². The molecule has 0 unspecified atom stereocenters. The smallest absolute Gasteiger partial charge is 0.335 e. The number of ether oxygens (including phenoxy) is 2. The summed E-state index contributed by atoms with van der Waals surface area (Å²) in [4.78, 5) is 38.7. The quantitative estimate of drug-likeness (QED) is 0.193. The summed E-state index contributed by atoms with van der Waals surface area (Å²) in [6, 6.07) is 26.8. The van der Waals surface area contributed by atoms with Gasteiger partial charge in [0.25, 0.3) is 0 Å². The molecule has 41 heavy (non-hydrogen) atoms. The van der Waals surface area contributed by atoms with Crippen molar-refractivity contribution in [1.82, 2.24) is 0 Å². The SMILES string of the molecule is COc1cc(CC(=O)N(CCOc2ccc(C(=O)O)cc2)c2ccccc2)ccc1NC(=O)Nc1ccccc1Cl. The molecule has 3 N–H and O–H groups in total. The molecular weight excluding hydrogens is 546 g/mol. The zero-order valence-electron chi connectivity index (χ0n) is 22.2. The number of anilines is 3. The van der Waals surface area contributed by atoms with Crippen molar-refractivity contribution < 1.29 is 29.0 Å². The minimum atomic E-state index is -1.02. The van der Waals surface area contributed by atoms with Gasteiger partial charge in [0, 0.05) is 5.69 Å². The standard InChI is InChI=1S/C31H28ClN3O6/c1-40-28-19-21(11-16-27(28)34-31(39)33-26-10-6-5-9-25(26)32)20-29(36)35(23-7-3-2-4-8-23)17-18-41-24-14-12-22(13-15-24)30(37)38/h2-16,19H,17-18,20H2,1H3,(H,37,38)(H2,33,34,39). The number of para-hydroxylation sites is 2. The van der Waals surface area contributed by atoms with E-state index in [9.17, 15) is 14.4 Å². The highest BCUT2D eigenvalue weighted by molar-refractivity contribution is 6.33. The van der Waals surface area contributed by atoms with Crippen molar-refractivity contribution in [2.45, 2.75) is 6.42 Å². The molecule has 4 aromatic carbocycles. The maximum atomic E-state index is 13.4. The number of hydrogen-bond acceptors (Lipinski definition) is 5. The first-order valence-corrected chi connectivity index (χ1v) is 13.0. The van der Waals surface area contributed by atoms with Gasteiger partial charge in [-0.2, -0.15) is 0 Å². The average Bonchev–Trinajstić information content (AvgIpc) is 2.98. The number of carboxylic acid groups (broad SMARTS) is 1. The molecule has 0 aliphatic carbocycles. The van der Waals surface area contributed by atoms with E-state index in [1.807, 2.05) is 30.3 Å². The number of urea groups is 1. The number of rotatable bonds is 11. The van der Waals surface area contributed by atoms with Gasteiger partial charge in [0.05, 0.1) is 42.0 Å². The second-order valence-electron chi connectivity index (χ2n) is 8.83. The Labute approximate surface area is 242 Å². The lowest BCUT2D eigenvalue weighted by atomic mass is 10.1. The van der Waals surface area contributed by atoms with E-state index in [1.165, 1.54) is 19.2 Å². The van der Waals surface area contributed by atoms with Gasteiger partial charge in [0.15, 0.2) is 0 Å². The molecule has 0 atom stereocenters. The van der Waals surface area contributed by atoms with Crippen LogP contribution in [0.15, 0.2) is 97.1 Å². The van der Waals surface area contributed by atoms with Crippen LogP contribution in [0.2, 0.25) is 5.02 Å². The minimum absolute atomic E-state index is 0.0741. The number of carbonyl (C=O) groups excluding carboxylic acids is 2. The van der Waals surface area contributed by atoms with E-state index in [2.05, 4.69) is 10.6 Å². The van der Waals surface area contributed by atoms with Crippen LogP contribution in [0.5, 0.6) is 11.5 Å². The lowest BCUT2D eigenvalue weighted by Crippen LogP contribution is -2.35. The summed E-state index contributed by atoms with van der Waals surface area (Å²) >= 11 is 6.12. The van der Waals surface area contributed by atoms with Crippen molar-refractivity contribution in [3.8, 4) is 11.5 Å². The number of nitrogens with one attached hydrogen (secondary N) is 2. The van der Waals surface area contributed by atoms with Crippen molar-refractivity contribution >= 4 is 46.6 Å². The van der Waals surface area contributed by atoms with E-state index >= 15 is 0 Å². The lowest BCUT2D eigenvalue weighted by molar-refractivity contribution is -0.118. The molecule has 4 rings (SSSR count). The predicted molar refractivity (Wildman–Crippen MR) is 158 cm³/mol. The highest BCUT2D eigenvalue weighted by Crippen LogP contribution is 2.27. The maximum absolute atomic E-state index is 13.4. The normalized spacial score (nSPS) is 10.4. The molecule has 210 valence electrons. The molecule has 0 aliphatic heterocycles. The van der Waals surface area contributed by atoms with Gasteiger partial charge in [-0.05, 0) is 66.2 Å². The number of halogens is 1. The van der Waals surface area contributed by atoms with Crippen LogP contribution >= 0.6 is 11.6 Å². The first-order chi connectivity index (χ1) is 19.8. The first kappa shape index (κ1) is 29.0. The van der Waals surface area contributed by atoms with Crippen molar-refractivity contribution in [2.75, 3.05) is 35.8 Å². The zero-order chi connectivity index (χ0) is 29.2. The third-order valence-electron chi connectivity index (χ3n) is 6.05. The Morgan fingerprint density at radius 1 is 0.854 bits per heavy atom. The number of carbonyl (C=O) groups is 3.